The summed E-state index contributed by atoms with van der Waals surface area (Å²) in [6.45, 7) is 12.5. The van der Waals surface area contributed by atoms with Crippen LogP contribution in [0.3, 0.4) is 0 Å². The Bertz CT molecular complexity index is 365. The van der Waals surface area contributed by atoms with Crippen LogP contribution in [0.15, 0.2) is 0 Å². The lowest BCUT2D eigenvalue weighted by atomic mass is 10.2. The number of hydrogen-bond acceptors (Lipinski definition) is 5. The Morgan fingerprint density at radius 3 is 2.43 bits per heavy atom. The Labute approximate surface area is 127 Å². The largest absolute Gasteiger partial charge is 0.466 e. The van der Waals surface area contributed by atoms with Gasteiger partial charge in [0.2, 0.25) is 0 Å². The Kier molecular flexibility index (Phi) is 6.45. The molecule has 1 amide bonds. The summed E-state index contributed by atoms with van der Waals surface area (Å²) in [7, 11) is 0. The number of amides is 1. The van der Waals surface area contributed by atoms with E-state index in [9.17, 15) is 9.59 Å². The monoisotopic (exact) mass is 300 g/mol. The van der Waals surface area contributed by atoms with E-state index in [1.807, 2.05) is 20.8 Å². The number of ether oxygens (including phenoxy) is 2. The Balaban J connectivity index is 2.40. The maximum absolute atomic E-state index is 12.0. The summed E-state index contributed by atoms with van der Waals surface area (Å²) in [5.74, 6) is -0.167. The molecule has 0 aromatic heterocycles. The van der Waals surface area contributed by atoms with Gasteiger partial charge in [0.15, 0.2) is 0 Å². The van der Waals surface area contributed by atoms with Crippen molar-refractivity contribution in [3.8, 4) is 0 Å². The van der Waals surface area contributed by atoms with Gasteiger partial charge in [-0.15, -0.1) is 0 Å². The second-order valence-electron chi connectivity index (χ2n) is 6.37. The van der Waals surface area contributed by atoms with Gasteiger partial charge in [0.25, 0.3) is 0 Å². The highest BCUT2D eigenvalue weighted by Crippen LogP contribution is 2.15. The van der Waals surface area contributed by atoms with E-state index in [-0.39, 0.29) is 18.1 Å². The maximum atomic E-state index is 12.0. The second-order valence-corrected chi connectivity index (χ2v) is 6.37. The number of nitrogens with zero attached hydrogens (tertiary/aromatic N) is 2. The minimum Gasteiger partial charge on any atom is -0.466 e. The molecule has 6 nitrogen and oxygen atoms in total. The summed E-state index contributed by atoms with van der Waals surface area (Å²) >= 11 is 0. The van der Waals surface area contributed by atoms with Crippen molar-refractivity contribution < 1.29 is 19.1 Å². The molecule has 0 radical (unpaired) electrons. The van der Waals surface area contributed by atoms with Crippen LogP contribution < -0.4 is 0 Å². The second kappa shape index (κ2) is 7.64. The van der Waals surface area contributed by atoms with Crippen LogP contribution >= 0.6 is 0 Å². The highest BCUT2D eigenvalue weighted by Gasteiger charge is 2.29. The number of carbonyl (C=O) groups is 2. The molecule has 0 N–H and O–H groups in total. The fourth-order valence-corrected chi connectivity index (χ4v) is 2.29. The smallest absolute Gasteiger partial charge is 0.410 e. The molecule has 0 aliphatic carbocycles. The molecule has 0 spiro atoms. The first kappa shape index (κ1) is 17.8. The van der Waals surface area contributed by atoms with Crippen LogP contribution in [0.2, 0.25) is 0 Å². The summed E-state index contributed by atoms with van der Waals surface area (Å²) in [6, 6.07) is 0.209. The molecule has 1 fully saturated rings. The molecule has 1 aliphatic rings. The molecule has 1 aliphatic heterocycles. The van der Waals surface area contributed by atoms with Crippen LogP contribution in [0, 0.1) is 0 Å². The fourth-order valence-electron chi connectivity index (χ4n) is 2.29. The van der Waals surface area contributed by atoms with Crippen LogP contribution in [0.25, 0.3) is 0 Å². The normalized spacial score (nSPS) is 20.2. The summed E-state index contributed by atoms with van der Waals surface area (Å²) in [6.07, 6.45) is 0.129. The number of esters is 1. The quantitative estimate of drug-likeness (QED) is 0.742. The number of hydrogen-bond donors (Lipinski definition) is 0. The van der Waals surface area contributed by atoms with Gasteiger partial charge in [0, 0.05) is 32.2 Å². The zero-order valence-electron chi connectivity index (χ0n) is 13.8. The molecule has 0 saturated carbocycles. The molecule has 0 bridgehead atoms. The van der Waals surface area contributed by atoms with E-state index in [1.54, 1.807) is 11.8 Å². The highest BCUT2D eigenvalue weighted by atomic mass is 16.6. The molecule has 1 saturated heterocycles. The Morgan fingerprint density at radius 2 is 1.90 bits per heavy atom. The molecule has 1 rings (SSSR count). The molecule has 1 atom stereocenters. The van der Waals surface area contributed by atoms with Crippen molar-refractivity contribution in [1.29, 1.82) is 0 Å². The summed E-state index contributed by atoms with van der Waals surface area (Å²) in [5.41, 5.74) is -0.471. The minimum absolute atomic E-state index is 0.167. The van der Waals surface area contributed by atoms with Gasteiger partial charge in [-0.1, -0.05) is 0 Å². The van der Waals surface area contributed by atoms with Crippen LogP contribution in [0.4, 0.5) is 4.79 Å². The third-order valence-corrected chi connectivity index (χ3v) is 3.33. The molecule has 21 heavy (non-hydrogen) atoms. The van der Waals surface area contributed by atoms with Gasteiger partial charge < -0.3 is 14.4 Å². The van der Waals surface area contributed by atoms with Gasteiger partial charge >= 0.3 is 12.1 Å². The van der Waals surface area contributed by atoms with Crippen molar-refractivity contribution in [1.82, 2.24) is 9.80 Å². The van der Waals surface area contributed by atoms with E-state index in [4.69, 9.17) is 9.47 Å². The number of rotatable bonds is 4. The molecule has 0 unspecified atom stereocenters. The highest BCUT2D eigenvalue weighted by molar-refractivity contribution is 5.69. The van der Waals surface area contributed by atoms with Crippen molar-refractivity contribution in [3.05, 3.63) is 0 Å². The van der Waals surface area contributed by atoms with E-state index in [0.29, 0.717) is 32.7 Å². The van der Waals surface area contributed by atoms with Crippen molar-refractivity contribution in [2.75, 3.05) is 32.8 Å². The van der Waals surface area contributed by atoms with Crippen LogP contribution in [0.5, 0.6) is 0 Å². The molecular formula is C15H28N2O4. The van der Waals surface area contributed by atoms with Crippen molar-refractivity contribution in [3.63, 3.8) is 0 Å². The number of carbonyl (C=O) groups excluding carboxylic acids is 2. The fraction of sp³-hybridized carbons (Fsp3) is 0.867. The first-order chi connectivity index (χ1) is 9.73. The van der Waals surface area contributed by atoms with Gasteiger partial charge in [0.05, 0.1) is 13.0 Å². The van der Waals surface area contributed by atoms with Crippen LogP contribution in [0.1, 0.15) is 41.0 Å². The third-order valence-electron chi connectivity index (χ3n) is 3.33. The minimum atomic E-state index is -0.471. The molecule has 0 aromatic carbocycles. The average Bonchev–Trinajstić information content (AvgIpc) is 2.35. The van der Waals surface area contributed by atoms with Gasteiger partial charge in [-0.2, -0.15) is 0 Å². The van der Waals surface area contributed by atoms with Crippen molar-refractivity contribution >= 4 is 12.1 Å². The Morgan fingerprint density at radius 1 is 1.24 bits per heavy atom. The lowest BCUT2D eigenvalue weighted by Crippen LogP contribution is -2.54. The van der Waals surface area contributed by atoms with E-state index in [0.717, 1.165) is 6.54 Å². The Hall–Kier alpha value is -1.30. The summed E-state index contributed by atoms with van der Waals surface area (Å²) < 4.78 is 10.3. The van der Waals surface area contributed by atoms with E-state index >= 15 is 0 Å². The van der Waals surface area contributed by atoms with E-state index < -0.39 is 5.60 Å². The average molecular weight is 300 g/mol. The zero-order valence-corrected chi connectivity index (χ0v) is 13.8. The van der Waals surface area contributed by atoms with Crippen LogP contribution in [-0.2, 0) is 14.3 Å². The molecule has 0 aromatic rings. The SMILES string of the molecule is CCOC(=O)CCN1CCN(C(=O)OC(C)(C)C)C[C@@H]1C. The standard InChI is InChI=1S/C15H28N2O4/c1-6-20-13(18)7-8-16-9-10-17(11-12(16)2)14(19)21-15(3,4)5/h12H,6-11H2,1-5H3/t12-/m0/s1. The third kappa shape index (κ3) is 6.33. The first-order valence-electron chi connectivity index (χ1n) is 7.60. The first-order valence-corrected chi connectivity index (χ1v) is 7.60. The predicted molar refractivity (Wildman–Crippen MR) is 80.1 cm³/mol. The lowest BCUT2D eigenvalue weighted by molar-refractivity contribution is -0.143. The molecule has 1 heterocycles. The molecule has 122 valence electrons. The van der Waals surface area contributed by atoms with E-state index in [1.165, 1.54) is 0 Å². The maximum Gasteiger partial charge on any atom is 0.410 e. The molecule has 6 heteroatoms. The van der Waals surface area contributed by atoms with Crippen LogP contribution in [-0.4, -0.2) is 66.3 Å². The summed E-state index contributed by atoms with van der Waals surface area (Å²) in [4.78, 5) is 27.4. The van der Waals surface area contributed by atoms with Gasteiger partial charge in [-0.3, -0.25) is 9.69 Å². The summed E-state index contributed by atoms with van der Waals surface area (Å²) in [5, 5.41) is 0. The molecular weight excluding hydrogens is 272 g/mol. The van der Waals surface area contributed by atoms with Crippen molar-refractivity contribution in [2.45, 2.75) is 52.7 Å². The predicted octanol–water partition coefficient (Wildman–Crippen LogP) is 1.88. The van der Waals surface area contributed by atoms with E-state index in [2.05, 4.69) is 11.8 Å². The van der Waals surface area contributed by atoms with Gasteiger partial charge in [-0.25, -0.2) is 4.79 Å². The topological polar surface area (TPSA) is 59.1 Å². The zero-order chi connectivity index (χ0) is 16.0. The lowest BCUT2D eigenvalue weighted by Gasteiger charge is -2.40. The van der Waals surface area contributed by atoms with Crippen molar-refractivity contribution in [2.24, 2.45) is 0 Å². The van der Waals surface area contributed by atoms with Gasteiger partial charge in [0.1, 0.15) is 5.60 Å². The van der Waals surface area contributed by atoms with Gasteiger partial charge in [-0.05, 0) is 34.6 Å². The number of piperazine rings is 1.